The van der Waals surface area contributed by atoms with E-state index < -0.39 is 0 Å². The molecule has 2 nitrogen and oxygen atoms in total. The van der Waals surface area contributed by atoms with Crippen molar-refractivity contribution in [1.29, 1.82) is 0 Å². The van der Waals surface area contributed by atoms with Gasteiger partial charge in [0.2, 0.25) is 0 Å². The van der Waals surface area contributed by atoms with Gasteiger partial charge in [-0.05, 0) is 114 Å². The summed E-state index contributed by atoms with van der Waals surface area (Å²) in [6, 6.07) is 81.1. The molecule has 0 atom stereocenters. The highest BCUT2D eigenvalue weighted by molar-refractivity contribution is 7.27. The van der Waals surface area contributed by atoms with Crippen LogP contribution in [-0.4, -0.2) is 0 Å². The van der Waals surface area contributed by atoms with Crippen molar-refractivity contribution in [2.24, 2.45) is 0 Å². The maximum atomic E-state index is 2.49. The molecule has 0 fully saturated rings. The number of hydrogen-bond donors (Lipinski definition) is 0. The van der Waals surface area contributed by atoms with Crippen molar-refractivity contribution in [2.45, 2.75) is 0 Å². The van der Waals surface area contributed by atoms with Crippen LogP contribution in [0.3, 0.4) is 0 Å². The zero-order valence-corrected chi connectivity index (χ0v) is 38.6. The minimum atomic E-state index is 1.10. The number of thiophene rings is 4. The molecule has 0 saturated carbocycles. The van der Waals surface area contributed by atoms with Gasteiger partial charge in [-0.3, -0.25) is 0 Å². The minimum Gasteiger partial charge on any atom is -0.310 e. The second-order valence-corrected chi connectivity index (χ2v) is 21.2. The molecule has 0 aliphatic rings. The molecule has 0 radical (unpaired) electrons. The predicted octanol–water partition coefficient (Wildman–Crippen LogP) is 19.8. The van der Waals surface area contributed by atoms with Gasteiger partial charge in [-0.2, -0.15) is 0 Å². The second-order valence-electron chi connectivity index (χ2n) is 16.9. The lowest BCUT2D eigenvalue weighted by Gasteiger charge is -2.30. The fourth-order valence-corrected chi connectivity index (χ4v) is 14.5. The van der Waals surface area contributed by atoms with E-state index in [1.54, 1.807) is 0 Å². The number of benzene rings is 10. The first-order chi connectivity index (χ1) is 32.7. The number of fused-ring (bicyclic) bond motifs is 12. The molecule has 0 bridgehead atoms. The van der Waals surface area contributed by atoms with E-state index in [0.717, 1.165) is 34.1 Å². The van der Waals surface area contributed by atoms with Gasteiger partial charge in [0.05, 0.1) is 10.4 Å². The number of rotatable bonds is 7. The van der Waals surface area contributed by atoms with E-state index in [2.05, 4.69) is 228 Å². The van der Waals surface area contributed by atoms with Crippen LogP contribution < -0.4 is 9.80 Å². The standard InChI is InChI=1S/C60H36N2S4/c1-3-13-39(14-4-1)61(41-25-27-47-44-17-7-10-20-53(44)64-58(47)35-41)43-33-51-50-32-38(37-23-29-56-49(31-37)46-19-9-12-22-55(46)63-56)24-30-57(50)66-60(51)52(34-43)62(40-15-5-2-6-16-40)42-26-28-48-45-18-8-11-21-54(45)65-59(48)36-42/h1-36H. The van der Waals surface area contributed by atoms with Gasteiger partial charge in [-0.25, -0.2) is 0 Å². The highest BCUT2D eigenvalue weighted by Crippen LogP contribution is 2.51. The number of anilines is 6. The summed E-state index contributed by atoms with van der Waals surface area (Å²) in [5.74, 6) is 0. The third kappa shape index (κ3) is 6.10. The minimum absolute atomic E-state index is 1.10. The second kappa shape index (κ2) is 15.1. The Morgan fingerprint density at radius 1 is 0.227 bits per heavy atom. The van der Waals surface area contributed by atoms with Gasteiger partial charge >= 0.3 is 0 Å². The summed E-state index contributed by atoms with van der Waals surface area (Å²) < 4.78 is 10.3. The zero-order valence-electron chi connectivity index (χ0n) is 35.3. The molecular formula is C60H36N2S4. The topological polar surface area (TPSA) is 6.48 Å². The van der Waals surface area contributed by atoms with Crippen LogP contribution in [0.5, 0.6) is 0 Å². The molecule has 0 spiro atoms. The van der Waals surface area contributed by atoms with E-state index in [1.807, 2.05) is 45.3 Å². The Kier molecular flexibility index (Phi) is 8.71. The van der Waals surface area contributed by atoms with E-state index >= 15 is 0 Å². The lowest BCUT2D eigenvalue weighted by Crippen LogP contribution is -2.13. The van der Waals surface area contributed by atoms with E-state index in [0.29, 0.717) is 0 Å². The fourth-order valence-electron chi connectivity index (χ4n) is 9.96. The van der Waals surface area contributed by atoms with Crippen LogP contribution in [0, 0.1) is 0 Å². The van der Waals surface area contributed by atoms with Crippen LogP contribution in [-0.2, 0) is 0 Å². The van der Waals surface area contributed by atoms with E-state index in [4.69, 9.17) is 0 Å². The van der Waals surface area contributed by atoms with Gasteiger partial charge in [0.1, 0.15) is 0 Å². The van der Waals surface area contributed by atoms with Crippen molar-refractivity contribution in [3.05, 3.63) is 218 Å². The van der Waals surface area contributed by atoms with E-state index in [-0.39, 0.29) is 0 Å². The molecule has 10 aromatic carbocycles. The molecule has 0 saturated heterocycles. The van der Waals surface area contributed by atoms with Crippen LogP contribution >= 0.6 is 45.3 Å². The highest BCUT2D eigenvalue weighted by Gasteiger charge is 2.24. The monoisotopic (exact) mass is 912 g/mol. The van der Waals surface area contributed by atoms with Crippen molar-refractivity contribution in [3.63, 3.8) is 0 Å². The number of para-hydroxylation sites is 2. The molecule has 4 heterocycles. The zero-order chi connectivity index (χ0) is 43.3. The molecule has 14 rings (SSSR count). The first-order valence-corrected chi connectivity index (χ1v) is 25.4. The highest BCUT2D eigenvalue weighted by atomic mass is 32.1. The van der Waals surface area contributed by atoms with Gasteiger partial charge in [0, 0.05) is 104 Å². The summed E-state index contributed by atoms with van der Waals surface area (Å²) in [6.45, 7) is 0. The molecule has 66 heavy (non-hydrogen) atoms. The Labute approximate surface area is 396 Å². The molecule has 0 N–H and O–H groups in total. The Bertz CT molecular complexity index is 4200. The van der Waals surface area contributed by atoms with Crippen molar-refractivity contribution in [1.82, 2.24) is 0 Å². The molecule has 6 heteroatoms. The molecule has 14 aromatic rings. The Morgan fingerprint density at radius 2 is 0.652 bits per heavy atom. The Balaban J connectivity index is 1.04. The molecule has 0 amide bonds. The summed E-state index contributed by atoms with van der Waals surface area (Å²) in [4.78, 5) is 4.94. The van der Waals surface area contributed by atoms with Gasteiger partial charge in [-0.15, -0.1) is 45.3 Å². The first kappa shape index (κ1) is 38.0. The summed E-state index contributed by atoms with van der Waals surface area (Å²) in [5.41, 5.74) is 9.18. The average molecular weight is 913 g/mol. The maximum absolute atomic E-state index is 2.49. The van der Waals surface area contributed by atoms with Crippen molar-refractivity contribution in [2.75, 3.05) is 9.80 Å². The molecular weight excluding hydrogens is 877 g/mol. The lowest BCUT2D eigenvalue weighted by atomic mass is 10.00. The molecule has 4 aromatic heterocycles. The van der Waals surface area contributed by atoms with Crippen molar-refractivity contribution < 1.29 is 0 Å². The van der Waals surface area contributed by atoms with E-state index in [9.17, 15) is 0 Å². The third-order valence-corrected chi connectivity index (χ3v) is 17.6. The largest absolute Gasteiger partial charge is 0.310 e. The normalized spacial score (nSPS) is 11.9. The molecule has 0 aliphatic heterocycles. The summed E-state index contributed by atoms with van der Waals surface area (Å²) >= 11 is 7.48. The lowest BCUT2D eigenvalue weighted by molar-refractivity contribution is 1.27. The van der Waals surface area contributed by atoms with Crippen LogP contribution in [0.1, 0.15) is 0 Å². The predicted molar refractivity (Wildman–Crippen MR) is 293 cm³/mol. The quantitative estimate of drug-likeness (QED) is 0.157. The average Bonchev–Trinajstić information content (AvgIpc) is 4.14. The molecule has 310 valence electrons. The summed E-state index contributed by atoms with van der Waals surface area (Å²) in [5, 5.41) is 10.3. The van der Waals surface area contributed by atoms with Crippen LogP contribution in [0.4, 0.5) is 34.1 Å². The van der Waals surface area contributed by atoms with Gasteiger partial charge in [-0.1, -0.05) is 115 Å². The Morgan fingerprint density at radius 3 is 1.23 bits per heavy atom. The van der Waals surface area contributed by atoms with Crippen LogP contribution in [0.15, 0.2) is 218 Å². The smallest absolute Gasteiger partial charge is 0.0661 e. The van der Waals surface area contributed by atoms with Gasteiger partial charge < -0.3 is 9.80 Å². The van der Waals surface area contributed by atoms with Crippen LogP contribution in [0.25, 0.3) is 91.8 Å². The van der Waals surface area contributed by atoms with Gasteiger partial charge in [0.15, 0.2) is 0 Å². The van der Waals surface area contributed by atoms with E-state index in [1.165, 1.54) is 91.8 Å². The van der Waals surface area contributed by atoms with Crippen LogP contribution in [0.2, 0.25) is 0 Å². The summed E-state index contributed by atoms with van der Waals surface area (Å²) in [7, 11) is 0. The molecule has 0 aliphatic carbocycles. The maximum Gasteiger partial charge on any atom is 0.0661 e. The Hall–Kier alpha value is -7.32. The number of hydrogen-bond acceptors (Lipinski definition) is 6. The fraction of sp³-hybridized carbons (Fsp3) is 0. The molecule has 0 unspecified atom stereocenters. The first-order valence-electron chi connectivity index (χ1n) is 22.1. The number of nitrogens with zero attached hydrogens (tertiary/aromatic N) is 2. The van der Waals surface area contributed by atoms with Crippen molar-refractivity contribution >= 4 is 160 Å². The van der Waals surface area contributed by atoms with Gasteiger partial charge in [0.25, 0.3) is 0 Å². The van der Waals surface area contributed by atoms with Crippen molar-refractivity contribution in [3.8, 4) is 11.1 Å². The summed E-state index contributed by atoms with van der Waals surface area (Å²) in [6.07, 6.45) is 0. The SMILES string of the molecule is c1ccc(N(c2ccc3c(c2)sc2ccccc23)c2cc(N(c3ccccc3)c3ccc4c(c3)sc3ccccc34)c3sc4ccc(-c5ccc6sc7ccccc7c6c5)cc4c3c2)cc1. The third-order valence-electron chi connectivity index (χ3n) is 13.0.